The third-order valence-corrected chi connectivity index (χ3v) is 3.59. The van der Waals surface area contributed by atoms with Crippen molar-refractivity contribution in [2.75, 3.05) is 11.1 Å². The van der Waals surface area contributed by atoms with Gasteiger partial charge in [0.25, 0.3) is 0 Å². The van der Waals surface area contributed by atoms with E-state index in [4.69, 9.17) is 10.5 Å². The topological polar surface area (TPSA) is 47.3 Å². The number of nitrogen functional groups attached to an aromatic ring is 1. The molecule has 18 heavy (non-hydrogen) atoms. The van der Waals surface area contributed by atoms with E-state index in [1.165, 1.54) is 19.3 Å². The molecule has 100 valence electrons. The fraction of sp³-hybridized carbons (Fsp3) is 0.600. The molecule has 3 heteroatoms. The molecule has 2 rings (SSSR count). The first kappa shape index (κ1) is 13.1. The standard InChI is InChI=1S/C15H24N2O/c1-10(2)18-15-9-12(7-8-13(15)16)17-14-6-4-5-11(14)3/h7-11,14,17H,4-6,16H2,1-3H3. The minimum atomic E-state index is 0.146. The molecular weight excluding hydrogens is 224 g/mol. The number of hydrogen-bond acceptors (Lipinski definition) is 3. The summed E-state index contributed by atoms with van der Waals surface area (Å²) in [5.41, 5.74) is 7.73. The number of benzene rings is 1. The third kappa shape index (κ3) is 3.09. The van der Waals surface area contributed by atoms with Crippen molar-refractivity contribution in [3.63, 3.8) is 0 Å². The van der Waals surface area contributed by atoms with E-state index in [-0.39, 0.29) is 6.10 Å². The molecule has 0 aromatic heterocycles. The Labute approximate surface area is 110 Å². The Morgan fingerprint density at radius 1 is 1.33 bits per heavy atom. The van der Waals surface area contributed by atoms with Crippen molar-refractivity contribution >= 4 is 11.4 Å². The lowest BCUT2D eigenvalue weighted by atomic mass is 10.1. The van der Waals surface area contributed by atoms with Gasteiger partial charge in [-0.05, 0) is 44.7 Å². The third-order valence-electron chi connectivity index (χ3n) is 3.59. The van der Waals surface area contributed by atoms with Crippen LogP contribution in [0.2, 0.25) is 0 Å². The van der Waals surface area contributed by atoms with Crippen LogP contribution in [0.5, 0.6) is 5.75 Å². The molecule has 1 fully saturated rings. The van der Waals surface area contributed by atoms with E-state index >= 15 is 0 Å². The second-order valence-corrected chi connectivity index (χ2v) is 5.58. The number of nitrogens with two attached hydrogens (primary N) is 1. The monoisotopic (exact) mass is 248 g/mol. The molecule has 0 amide bonds. The van der Waals surface area contributed by atoms with Crippen molar-refractivity contribution in [2.24, 2.45) is 5.92 Å². The van der Waals surface area contributed by atoms with Crippen molar-refractivity contribution in [3.8, 4) is 5.75 Å². The average Bonchev–Trinajstić information content (AvgIpc) is 2.69. The van der Waals surface area contributed by atoms with E-state index in [1.54, 1.807) is 0 Å². The summed E-state index contributed by atoms with van der Waals surface area (Å²) in [6, 6.07) is 6.55. The van der Waals surface area contributed by atoms with Crippen LogP contribution in [0, 0.1) is 5.92 Å². The van der Waals surface area contributed by atoms with Crippen LogP contribution in [-0.2, 0) is 0 Å². The number of ether oxygens (including phenoxy) is 1. The van der Waals surface area contributed by atoms with Crippen LogP contribution in [0.1, 0.15) is 40.0 Å². The Morgan fingerprint density at radius 3 is 2.72 bits per heavy atom. The van der Waals surface area contributed by atoms with Crippen LogP contribution < -0.4 is 15.8 Å². The second kappa shape index (κ2) is 5.51. The predicted octanol–water partition coefficient (Wildman–Crippen LogP) is 3.66. The molecule has 1 saturated carbocycles. The van der Waals surface area contributed by atoms with Gasteiger partial charge in [-0.15, -0.1) is 0 Å². The van der Waals surface area contributed by atoms with E-state index in [0.29, 0.717) is 11.7 Å². The van der Waals surface area contributed by atoms with Gasteiger partial charge < -0.3 is 15.8 Å². The minimum Gasteiger partial charge on any atom is -0.489 e. The van der Waals surface area contributed by atoms with Crippen molar-refractivity contribution in [2.45, 2.75) is 52.2 Å². The lowest BCUT2D eigenvalue weighted by Crippen LogP contribution is -2.21. The first-order valence-electron chi connectivity index (χ1n) is 6.89. The van der Waals surface area contributed by atoms with Gasteiger partial charge in [0.1, 0.15) is 5.75 Å². The Bertz CT molecular complexity index is 403. The zero-order chi connectivity index (χ0) is 13.1. The molecule has 1 aromatic carbocycles. The number of hydrogen-bond donors (Lipinski definition) is 2. The summed E-state index contributed by atoms with van der Waals surface area (Å²) < 4.78 is 5.71. The van der Waals surface area contributed by atoms with Gasteiger partial charge in [-0.2, -0.15) is 0 Å². The fourth-order valence-corrected chi connectivity index (χ4v) is 2.55. The van der Waals surface area contributed by atoms with Crippen LogP contribution in [0.25, 0.3) is 0 Å². The molecule has 2 atom stereocenters. The summed E-state index contributed by atoms with van der Waals surface area (Å²) in [7, 11) is 0. The maximum Gasteiger partial charge on any atom is 0.144 e. The summed E-state index contributed by atoms with van der Waals surface area (Å²) in [5, 5.41) is 3.60. The second-order valence-electron chi connectivity index (χ2n) is 5.58. The molecule has 0 aliphatic heterocycles. The maximum atomic E-state index is 5.92. The maximum absolute atomic E-state index is 5.92. The smallest absolute Gasteiger partial charge is 0.144 e. The molecule has 1 aromatic rings. The first-order chi connectivity index (χ1) is 8.56. The highest BCUT2D eigenvalue weighted by Crippen LogP contribution is 2.31. The molecule has 3 nitrogen and oxygen atoms in total. The van der Waals surface area contributed by atoms with Crippen LogP contribution in [0.15, 0.2) is 18.2 Å². The highest BCUT2D eigenvalue weighted by molar-refractivity contribution is 5.61. The Balaban J connectivity index is 2.09. The molecule has 0 heterocycles. The lowest BCUT2D eigenvalue weighted by Gasteiger charge is -2.20. The van der Waals surface area contributed by atoms with Crippen molar-refractivity contribution in [1.29, 1.82) is 0 Å². The van der Waals surface area contributed by atoms with Gasteiger partial charge in [-0.1, -0.05) is 13.3 Å². The fourth-order valence-electron chi connectivity index (χ4n) is 2.55. The van der Waals surface area contributed by atoms with E-state index in [2.05, 4.69) is 12.2 Å². The van der Waals surface area contributed by atoms with E-state index < -0.39 is 0 Å². The normalized spacial score (nSPS) is 23.3. The number of rotatable bonds is 4. The van der Waals surface area contributed by atoms with E-state index in [0.717, 1.165) is 17.4 Å². The molecule has 1 aliphatic carbocycles. The summed E-state index contributed by atoms with van der Waals surface area (Å²) in [5.74, 6) is 1.53. The minimum absolute atomic E-state index is 0.146. The van der Waals surface area contributed by atoms with E-state index in [1.807, 2.05) is 32.0 Å². The zero-order valence-electron chi connectivity index (χ0n) is 11.6. The van der Waals surface area contributed by atoms with Crippen molar-refractivity contribution in [3.05, 3.63) is 18.2 Å². The van der Waals surface area contributed by atoms with Gasteiger partial charge in [0.2, 0.25) is 0 Å². The van der Waals surface area contributed by atoms with Gasteiger partial charge in [0.05, 0.1) is 11.8 Å². The van der Waals surface area contributed by atoms with Crippen LogP contribution in [0.4, 0.5) is 11.4 Å². The highest BCUT2D eigenvalue weighted by Gasteiger charge is 2.23. The summed E-state index contributed by atoms with van der Waals surface area (Å²) in [6.45, 7) is 6.34. The quantitative estimate of drug-likeness (QED) is 0.799. The predicted molar refractivity (Wildman–Crippen MR) is 77.0 cm³/mol. The largest absolute Gasteiger partial charge is 0.489 e. The van der Waals surface area contributed by atoms with Crippen molar-refractivity contribution in [1.82, 2.24) is 0 Å². The van der Waals surface area contributed by atoms with Gasteiger partial charge in [0, 0.05) is 17.8 Å². The van der Waals surface area contributed by atoms with Crippen LogP contribution in [-0.4, -0.2) is 12.1 Å². The summed E-state index contributed by atoms with van der Waals surface area (Å²) in [4.78, 5) is 0. The molecule has 0 radical (unpaired) electrons. The molecule has 2 unspecified atom stereocenters. The molecule has 0 saturated heterocycles. The summed E-state index contributed by atoms with van der Waals surface area (Å²) >= 11 is 0. The average molecular weight is 248 g/mol. The van der Waals surface area contributed by atoms with Crippen LogP contribution in [0.3, 0.4) is 0 Å². The lowest BCUT2D eigenvalue weighted by molar-refractivity contribution is 0.244. The Morgan fingerprint density at radius 2 is 2.11 bits per heavy atom. The van der Waals surface area contributed by atoms with E-state index in [9.17, 15) is 0 Å². The molecular formula is C15H24N2O. The van der Waals surface area contributed by atoms with Gasteiger partial charge >= 0.3 is 0 Å². The molecule has 3 N–H and O–H groups in total. The molecule has 1 aliphatic rings. The zero-order valence-corrected chi connectivity index (χ0v) is 11.6. The number of nitrogens with one attached hydrogen (secondary N) is 1. The molecule has 0 spiro atoms. The van der Waals surface area contributed by atoms with Gasteiger partial charge in [-0.25, -0.2) is 0 Å². The van der Waals surface area contributed by atoms with Crippen molar-refractivity contribution < 1.29 is 4.74 Å². The van der Waals surface area contributed by atoms with Gasteiger partial charge in [-0.3, -0.25) is 0 Å². The molecule has 0 bridgehead atoms. The number of anilines is 2. The SMILES string of the molecule is CC(C)Oc1cc(NC2CCCC2C)ccc1N. The van der Waals surface area contributed by atoms with Gasteiger partial charge in [0.15, 0.2) is 0 Å². The highest BCUT2D eigenvalue weighted by atomic mass is 16.5. The van der Waals surface area contributed by atoms with Crippen LogP contribution >= 0.6 is 0 Å². The Hall–Kier alpha value is -1.38. The summed E-state index contributed by atoms with van der Waals surface area (Å²) in [6.07, 6.45) is 4.05. The first-order valence-corrected chi connectivity index (χ1v) is 6.89. The Kier molecular flexibility index (Phi) is 4.00.